The van der Waals surface area contributed by atoms with Crippen LogP contribution in [0, 0.1) is 10.8 Å². The minimum Gasteiger partial charge on any atom is -0.487 e. The summed E-state index contributed by atoms with van der Waals surface area (Å²) in [6.45, 7) is 0.370. The van der Waals surface area contributed by atoms with Crippen LogP contribution in [0.2, 0.25) is 0 Å². The number of para-hydroxylation sites is 1. The quantitative estimate of drug-likeness (QED) is 0.287. The summed E-state index contributed by atoms with van der Waals surface area (Å²) >= 11 is 1.57. The molecule has 0 aliphatic rings. The third kappa shape index (κ3) is 4.61. The molecule has 0 amide bonds. The maximum Gasteiger partial charge on any atom is 0.221 e. The molecular weight excluding hydrogens is 394 g/mol. The Morgan fingerprint density at radius 1 is 0.967 bits per heavy atom. The van der Waals surface area contributed by atoms with Gasteiger partial charge in [-0.2, -0.15) is 0 Å². The lowest BCUT2D eigenvalue weighted by molar-refractivity contribution is 0.302. The molecule has 0 unspecified atom stereocenters. The van der Waals surface area contributed by atoms with Crippen LogP contribution in [-0.4, -0.2) is 17.3 Å². The van der Waals surface area contributed by atoms with Crippen LogP contribution in [0.3, 0.4) is 0 Å². The molecule has 0 aliphatic carbocycles. The van der Waals surface area contributed by atoms with E-state index in [1.54, 1.807) is 11.3 Å². The SMILES string of the molecule is N=COC(=N)C(=Cc1cccs1)c1ccc(OCc2ccc3ccccc3n2)cc1. The molecule has 4 rings (SSSR count). The van der Waals surface area contributed by atoms with E-state index in [0.29, 0.717) is 17.9 Å². The molecule has 0 bridgehead atoms. The van der Waals surface area contributed by atoms with E-state index >= 15 is 0 Å². The van der Waals surface area contributed by atoms with Crippen LogP contribution in [0.15, 0.2) is 78.2 Å². The fourth-order valence-electron chi connectivity index (χ4n) is 2.99. The van der Waals surface area contributed by atoms with Gasteiger partial charge >= 0.3 is 0 Å². The fourth-order valence-corrected chi connectivity index (χ4v) is 3.65. The molecular formula is C24H19N3O2S. The number of nitrogens with one attached hydrogen (secondary N) is 2. The summed E-state index contributed by atoms with van der Waals surface area (Å²) in [5, 5.41) is 18.3. The van der Waals surface area contributed by atoms with Crippen molar-refractivity contribution in [2.24, 2.45) is 0 Å². The summed E-state index contributed by atoms with van der Waals surface area (Å²) in [6.07, 6.45) is 2.64. The normalized spacial score (nSPS) is 11.3. The largest absolute Gasteiger partial charge is 0.487 e. The molecule has 6 heteroatoms. The van der Waals surface area contributed by atoms with Gasteiger partial charge in [0.25, 0.3) is 0 Å². The number of hydrogen-bond donors (Lipinski definition) is 2. The molecule has 30 heavy (non-hydrogen) atoms. The van der Waals surface area contributed by atoms with Crippen LogP contribution in [0.25, 0.3) is 22.6 Å². The minimum atomic E-state index is -0.0765. The minimum absolute atomic E-state index is 0.0765. The Labute approximate surface area is 178 Å². The highest BCUT2D eigenvalue weighted by atomic mass is 32.1. The zero-order valence-corrected chi connectivity index (χ0v) is 16.9. The van der Waals surface area contributed by atoms with Crippen molar-refractivity contribution in [2.45, 2.75) is 6.61 Å². The molecule has 4 aromatic rings. The first-order valence-electron chi connectivity index (χ1n) is 9.30. The zero-order chi connectivity index (χ0) is 20.8. The topological polar surface area (TPSA) is 79.0 Å². The molecule has 0 radical (unpaired) electrons. The highest BCUT2D eigenvalue weighted by molar-refractivity contribution is 7.11. The summed E-state index contributed by atoms with van der Waals surface area (Å²) in [6, 6.07) is 23.4. The summed E-state index contributed by atoms with van der Waals surface area (Å²) in [7, 11) is 0. The second-order valence-corrected chi connectivity index (χ2v) is 7.43. The monoisotopic (exact) mass is 413 g/mol. The number of hydrogen-bond acceptors (Lipinski definition) is 6. The molecule has 2 N–H and O–H groups in total. The molecule has 5 nitrogen and oxygen atoms in total. The van der Waals surface area contributed by atoms with E-state index in [1.807, 2.05) is 84.3 Å². The maximum atomic E-state index is 8.12. The van der Waals surface area contributed by atoms with Gasteiger partial charge in [0.1, 0.15) is 12.4 Å². The predicted octanol–water partition coefficient (Wildman–Crippen LogP) is 6.02. The van der Waals surface area contributed by atoms with Crippen LogP contribution in [0.4, 0.5) is 0 Å². The van der Waals surface area contributed by atoms with Crippen LogP contribution in [-0.2, 0) is 11.3 Å². The summed E-state index contributed by atoms with van der Waals surface area (Å²) in [5.74, 6) is 0.635. The lowest BCUT2D eigenvalue weighted by Crippen LogP contribution is -2.05. The molecule has 0 spiro atoms. The molecule has 2 heterocycles. The van der Waals surface area contributed by atoms with Gasteiger partial charge in [0.05, 0.1) is 11.2 Å². The fraction of sp³-hybridized carbons (Fsp3) is 0.0417. The van der Waals surface area contributed by atoms with E-state index in [0.717, 1.165) is 33.4 Å². The number of nitrogens with zero attached hydrogens (tertiary/aromatic N) is 1. The van der Waals surface area contributed by atoms with E-state index < -0.39 is 0 Å². The van der Waals surface area contributed by atoms with Crippen molar-refractivity contribution < 1.29 is 9.47 Å². The number of rotatable bonds is 7. The third-order valence-corrected chi connectivity index (χ3v) is 5.28. The Bertz CT molecular complexity index is 1200. The van der Waals surface area contributed by atoms with Crippen molar-refractivity contribution in [3.63, 3.8) is 0 Å². The number of fused-ring (bicyclic) bond motifs is 1. The average molecular weight is 414 g/mol. The summed E-state index contributed by atoms with van der Waals surface area (Å²) in [4.78, 5) is 5.63. The van der Waals surface area contributed by atoms with Gasteiger partial charge in [-0.3, -0.25) is 10.8 Å². The maximum absolute atomic E-state index is 8.12. The Morgan fingerprint density at radius 3 is 2.57 bits per heavy atom. The van der Waals surface area contributed by atoms with Crippen molar-refractivity contribution >= 4 is 46.2 Å². The summed E-state index contributed by atoms with van der Waals surface area (Å²) < 4.78 is 10.9. The lowest BCUT2D eigenvalue weighted by Gasteiger charge is -2.10. The van der Waals surface area contributed by atoms with E-state index in [4.69, 9.17) is 20.3 Å². The van der Waals surface area contributed by atoms with Crippen molar-refractivity contribution in [3.8, 4) is 5.75 Å². The van der Waals surface area contributed by atoms with E-state index in [9.17, 15) is 0 Å². The number of pyridine rings is 1. The number of ether oxygens (including phenoxy) is 2. The van der Waals surface area contributed by atoms with Gasteiger partial charge in [-0.15, -0.1) is 11.3 Å². The molecule has 148 valence electrons. The van der Waals surface area contributed by atoms with Gasteiger partial charge in [0.2, 0.25) is 5.90 Å². The number of thiophene rings is 1. The molecule has 0 saturated heterocycles. The van der Waals surface area contributed by atoms with Crippen molar-refractivity contribution in [2.75, 3.05) is 0 Å². The second kappa shape index (κ2) is 9.15. The van der Waals surface area contributed by atoms with Gasteiger partial charge in [-0.1, -0.05) is 42.5 Å². The third-order valence-electron chi connectivity index (χ3n) is 4.46. The first kappa shape index (κ1) is 19.5. The standard InChI is InChI=1S/C24H19N3O2S/c25-16-29-24(26)22(14-21-5-3-13-30-21)17-8-11-20(12-9-17)28-15-19-10-7-18-4-1-2-6-23(18)27-19/h1-14,16,25-26H,15H2. The Hall–Kier alpha value is -3.77. The number of aromatic nitrogens is 1. The average Bonchev–Trinajstić information content (AvgIpc) is 3.30. The first-order chi connectivity index (χ1) is 14.7. The van der Waals surface area contributed by atoms with E-state index in [-0.39, 0.29) is 5.90 Å². The molecule has 0 aliphatic heterocycles. The first-order valence-corrected chi connectivity index (χ1v) is 10.2. The summed E-state index contributed by atoms with van der Waals surface area (Å²) in [5.41, 5.74) is 3.22. The van der Waals surface area contributed by atoms with Crippen LogP contribution >= 0.6 is 11.3 Å². The lowest BCUT2D eigenvalue weighted by atomic mass is 10.0. The highest BCUT2D eigenvalue weighted by Gasteiger charge is 2.11. The van der Waals surface area contributed by atoms with Crippen LogP contribution in [0.5, 0.6) is 5.75 Å². The zero-order valence-electron chi connectivity index (χ0n) is 16.0. The predicted molar refractivity (Wildman–Crippen MR) is 122 cm³/mol. The smallest absolute Gasteiger partial charge is 0.221 e. The van der Waals surface area contributed by atoms with Gasteiger partial charge < -0.3 is 9.47 Å². The Kier molecular flexibility index (Phi) is 5.96. The van der Waals surface area contributed by atoms with Crippen LogP contribution < -0.4 is 4.74 Å². The van der Waals surface area contributed by atoms with E-state index in [2.05, 4.69) is 4.98 Å². The van der Waals surface area contributed by atoms with Gasteiger partial charge in [-0.05, 0) is 47.4 Å². The van der Waals surface area contributed by atoms with Crippen molar-refractivity contribution in [3.05, 3.63) is 94.3 Å². The van der Waals surface area contributed by atoms with Crippen molar-refractivity contribution in [1.29, 1.82) is 10.8 Å². The molecule has 2 aromatic carbocycles. The molecule has 0 atom stereocenters. The van der Waals surface area contributed by atoms with Gasteiger partial charge in [0, 0.05) is 15.8 Å². The van der Waals surface area contributed by atoms with Gasteiger partial charge in [-0.25, -0.2) is 4.98 Å². The van der Waals surface area contributed by atoms with Gasteiger partial charge in [0.15, 0.2) is 6.40 Å². The van der Waals surface area contributed by atoms with E-state index in [1.165, 1.54) is 0 Å². The Balaban J connectivity index is 1.50. The number of benzene rings is 2. The Morgan fingerprint density at radius 2 is 1.80 bits per heavy atom. The second-order valence-electron chi connectivity index (χ2n) is 6.45. The highest BCUT2D eigenvalue weighted by Crippen LogP contribution is 2.25. The van der Waals surface area contributed by atoms with Crippen LogP contribution in [0.1, 0.15) is 16.1 Å². The molecule has 0 fully saturated rings. The molecule has 0 saturated carbocycles. The molecule has 2 aromatic heterocycles. The van der Waals surface area contributed by atoms with Crippen molar-refractivity contribution in [1.82, 2.24) is 4.98 Å².